The largest absolute Gasteiger partial charge is 0.492 e. The van der Waals surface area contributed by atoms with E-state index in [1.54, 1.807) is 0 Å². The molecule has 0 amide bonds. The maximum atomic E-state index is 5.58. The first kappa shape index (κ1) is 12.9. The van der Waals surface area contributed by atoms with Gasteiger partial charge < -0.3 is 10.1 Å². The molecule has 3 rings (SSSR count). The van der Waals surface area contributed by atoms with Crippen LogP contribution in [-0.2, 0) is 0 Å². The molecule has 1 aromatic heterocycles. The predicted octanol–water partition coefficient (Wildman–Crippen LogP) is 3.18. The van der Waals surface area contributed by atoms with E-state index in [2.05, 4.69) is 23.3 Å². The molecule has 3 nitrogen and oxygen atoms in total. The molecule has 3 heteroatoms. The molecule has 2 aliphatic carbocycles. The van der Waals surface area contributed by atoms with Crippen LogP contribution in [0.5, 0.6) is 5.75 Å². The smallest absolute Gasteiger partial charge is 0.137 e. The standard InChI is InChI=1S/C16H24N2O/c1-3-18-16(13-6-11-5-12(11)7-13)14-8-15(19-4-2)10-17-9-14/h8-13,16,18H,3-7H2,1-2H3. The monoisotopic (exact) mass is 260 g/mol. The van der Waals surface area contributed by atoms with Crippen LogP contribution in [0.4, 0.5) is 0 Å². The summed E-state index contributed by atoms with van der Waals surface area (Å²) in [5.41, 5.74) is 1.29. The zero-order valence-corrected chi connectivity index (χ0v) is 11.9. The minimum absolute atomic E-state index is 0.450. The number of hydrogen-bond acceptors (Lipinski definition) is 3. The van der Waals surface area contributed by atoms with Gasteiger partial charge >= 0.3 is 0 Å². The predicted molar refractivity (Wildman–Crippen MR) is 76.1 cm³/mol. The van der Waals surface area contributed by atoms with Crippen molar-refractivity contribution >= 4 is 0 Å². The summed E-state index contributed by atoms with van der Waals surface area (Å²) < 4.78 is 5.58. The Labute approximate surface area is 115 Å². The molecule has 1 heterocycles. The van der Waals surface area contributed by atoms with Crippen LogP contribution in [0.2, 0.25) is 0 Å². The second kappa shape index (κ2) is 5.49. The fraction of sp³-hybridized carbons (Fsp3) is 0.688. The Bertz CT molecular complexity index is 425. The fourth-order valence-electron chi connectivity index (χ4n) is 3.66. The molecule has 2 aliphatic rings. The van der Waals surface area contributed by atoms with Crippen LogP contribution in [0.15, 0.2) is 18.5 Å². The normalized spacial score (nSPS) is 29.9. The fourth-order valence-corrected chi connectivity index (χ4v) is 3.66. The van der Waals surface area contributed by atoms with Gasteiger partial charge in [0.1, 0.15) is 5.75 Å². The average molecular weight is 260 g/mol. The third-order valence-electron chi connectivity index (χ3n) is 4.58. The Kier molecular flexibility index (Phi) is 3.74. The Balaban J connectivity index is 1.76. The SMILES string of the molecule is CCNC(c1cncc(OCC)c1)C1CC2CC2C1. The highest BCUT2D eigenvalue weighted by atomic mass is 16.5. The highest BCUT2D eigenvalue weighted by Gasteiger charge is 2.48. The molecule has 19 heavy (non-hydrogen) atoms. The van der Waals surface area contributed by atoms with Crippen molar-refractivity contribution in [1.82, 2.24) is 10.3 Å². The Morgan fingerprint density at radius 3 is 2.74 bits per heavy atom. The minimum atomic E-state index is 0.450. The van der Waals surface area contributed by atoms with Crippen LogP contribution in [0.1, 0.15) is 44.7 Å². The summed E-state index contributed by atoms with van der Waals surface area (Å²) in [5, 5.41) is 3.66. The van der Waals surface area contributed by atoms with E-state index in [0.29, 0.717) is 12.6 Å². The van der Waals surface area contributed by atoms with E-state index in [9.17, 15) is 0 Å². The van der Waals surface area contributed by atoms with Crippen molar-refractivity contribution < 1.29 is 4.74 Å². The van der Waals surface area contributed by atoms with E-state index in [0.717, 1.165) is 30.0 Å². The lowest BCUT2D eigenvalue weighted by Crippen LogP contribution is -2.27. The van der Waals surface area contributed by atoms with E-state index < -0.39 is 0 Å². The second-order valence-electron chi connectivity index (χ2n) is 5.91. The number of fused-ring (bicyclic) bond motifs is 1. The van der Waals surface area contributed by atoms with E-state index >= 15 is 0 Å². The summed E-state index contributed by atoms with van der Waals surface area (Å²) in [6.45, 7) is 5.90. The Hall–Kier alpha value is -1.09. The van der Waals surface area contributed by atoms with Gasteiger partial charge in [-0.2, -0.15) is 0 Å². The number of aromatic nitrogens is 1. The molecule has 104 valence electrons. The van der Waals surface area contributed by atoms with Gasteiger partial charge in [-0.3, -0.25) is 4.98 Å². The molecular weight excluding hydrogens is 236 g/mol. The van der Waals surface area contributed by atoms with Gasteiger partial charge in [-0.05, 0) is 62.1 Å². The summed E-state index contributed by atoms with van der Waals surface area (Å²) in [5.74, 6) is 3.72. The average Bonchev–Trinajstić information content (AvgIpc) is 3.03. The van der Waals surface area contributed by atoms with Crippen molar-refractivity contribution in [3.63, 3.8) is 0 Å². The molecule has 0 aromatic carbocycles. The second-order valence-corrected chi connectivity index (χ2v) is 5.91. The first-order chi connectivity index (χ1) is 9.31. The van der Waals surface area contributed by atoms with Crippen LogP contribution in [-0.4, -0.2) is 18.1 Å². The van der Waals surface area contributed by atoms with Gasteiger partial charge in [-0.25, -0.2) is 0 Å². The van der Waals surface area contributed by atoms with Crippen molar-refractivity contribution in [1.29, 1.82) is 0 Å². The molecule has 2 saturated carbocycles. The quantitative estimate of drug-likeness (QED) is 0.853. The summed E-state index contributed by atoms with van der Waals surface area (Å²) in [6, 6.07) is 2.61. The third kappa shape index (κ3) is 2.76. The van der Waals surface area contributed by atoms with E-state index in [4.69, 9.17) is 4.74 Å². The zero-order chi connectivity index (χ0) is 13.2. The third-order valence-corrected chi connectivity index (χ3v) is 4.58. The van der Waals surface area contributed by atoms with E-state index in [1.807, 2.05) is 19.3 Å². The number of nitrogens with one attached hydrogen (secondary N) is 1. The highest BCUT2D eigenvalue weighted by molar-refractivity contribution is 5.27. The molecule has 0 saturated heterocycles. The minimum Gasteiger partial charge on any atom is -0.492 e. The molecule has 0 radical (unpaired) electrons. The number of rotatable bonds is 6. The Morgan fingerprint density at radius 2 is 2.05 bits per heavy atom. The number of hydrogen-bond donors (Lipinski definition) is 1. The summed E-state index contributed by atoms with van der Waals surface area (Å²) in [7, 11) is 0. The molecule has 0 bridgehead atoms. The first-order valence-electron chi connectivity index (χ1n) is 7.63. The van der Waals surface area contributed by atoms with E-state index in [-0.39, 0.29) is 0 Å². The van der Waals surface area contributed by atoms with Crippen LogP contribution in [0, 0.1) is 17.8 Å². The van der Waals surface area contributed by atoms with Crippen LogP contribution < -0.4 is 10.1 Å². The van der Waals surface area contributed by atoms with Gasteiger partial charge in [0, 0.05) is 12.2 Å². The van der Waals surface area contributed by atoms with Crippen LogP contribution in [0.3, 0.4) is 0 Å². The van der Waals surface area contributed by atoms with Crippen LogP contribution in [0.25, 0.3) is 0 Å². The summed E-state index contributed by atoms with van der Waals surface area (Å²) in [6.07, 6.45) is 8.07. The van der Waals surface area contributed by atoms with Gasteiger partial charge in [-0.15, -0.1) is 0 Å². The van der Waals surface area contributed by atoms with Gasteiger partial charge in [0.15, 0.2) is 0 Å². The number of pyridine rings is 1. The number of nitrogens with zero attached hydrogens (tertiary/aromatic N) is 1. The highest BCUT2D eigenvalue weighted by Crippen LogP contribution is 2.57. The summed E-state index contributed by atoms with van der Waals surface area (Å²) in [4.78, 5) is 4.34. The molecule has 0 spiro atoms. The van der Waals surface area contributed by atoms with E-state index in [1.165, 1.54) is 24.8 Å². The van der Waals surface area contributed by atoms with Crippen LogP contribution >= 0.6 is 0 Å². The maximum absolute atomic E-state index is 5.58. The molecule has 0 aliphatic heterocycles. The Morgan fingerprint density at radius 1 is 1.26 bits per heavy atom. The molecule has 2 fully saturated rings. The molecule has 3 unspecified atom stereocenters. The summed E-state index contributed by atoms with van der Waals surface area (Å²) >= 11 is 0. The first-order valence-corrected chi connectivity index (χ1v) is 7.63. The molecular formula is C16H24N2O. The van der Waals surface area contributed by atoms with Gasteiger partial charge in [0.05, 0.1) is 12.8 Å². The lowest BCUT2D eigenvalue weighted by Gasteiger charge is -2.26. The van der Waals surface area contributed by atoms with Crippen molar-refractivity contribution in [2.24, 2.45) is 17.8 Å². The van der Waals surface area contributed by atoms with Crippen molar-refractivity contribution in [2.75, 3.05) is 13.2 Å². The van der Waals surface area contributed by atoms with Crippen molar-refractivity contribution in [3.05, 3.63) is 24.0 Å². The number of ether oxygens (including phenoxy) is 1. The van der Waals surface area contributed by atoms with Gasteiger partial charge in [0.2, 0.25) is 0 Å². The molecule has 3 atom stereocenters. The van der Waals surface area contributed by atoms with Gasteiger partial charge in [-0.1, -0.05) is 6.92 Å². The molecule has 1 N–H and O–H groups in total. The lowest BCUT2D eigenvalue weighted by atomic mass is 9.90. The van der Waals surface area contributed by atoms with Crippen molar-refractivity contribution in [2.45, 2.75) is 39.2 Å². The van der Waals surface area contributed by atoms with Gasteiger partial charge in [0.25, 0.3) is 0 Å². The topological polar surface area (TPSA) is 34.2 Å². The van der Waals surface area contributed by atoms with Crippen molar-refractivity contribution in [3.8, 4) is 5.75 Å². The maximum Gasteiger partial charge on any atom is 0.137 e. The lowest BCUT2D eigenvalue weighted by molar-refractivity contribution is 0.329. The zero-order valence-electron chi connectivity index (χ0n) is 11.9. The molecule has 1 aromatic rings.